The van der Waals surface area contributed by atoms with Crippen LogP contribution in [-0.2, 0) is 20.8 Å². The Morgan fingerprint density at radius 2 is 1.62 bits per heavy atom. The average Bonchev–Trinajstić information content (AvgIpc) is 3.54. The Morgan fingerprint density at radius 1 is 1.00 bits per heavy atom. The minimum atomic E-state index is -1.40. The molecule has 1 aromatic rings. The van der Waals surface area contributed by atoms with Crippen LogP contribution in [0.3, 0.4) is 0 Å². The molecule has 3 aliphatic rings. The summed E-state index contributed by atoms with van der Waals surface area (Å²) in [4.78, 5) is 36.7. The van der Waals surface area contributed by atoms with E-state index in [0.717, 1.165) is 31.7 Å². The summed E-state index contributed by atoms with van der Waals surface area (Å²) in [6.45, 7) is 17.8. The highest BCUT2D eigenvalue weighted by molar-refractivity contribution is 7.91. The van der Waals surface area contributed by atoms with Crippen LogP contribution in [0.15, 0.2) is 18.2 Å². The Bertz CT molecular complexity index is 1220. The van der Waals surface area contributed by atoms with Crippen molar-refractivity contribution in [1.29, 1.82) is 0 Å². The number of likely N-dealkylation sites (tertiary alicyclic amines) is 2. The smallest absolute Gasteiger partial charge is 0.231 e. The molecule has 45 heavy (non-hydrogen) atoms. The third kappa shape index (κ3) is 8.22. The molecule has 2 saturated heterocycles. The molecule has 2 amide bonds. The first kappa shape index (κ1) is 36.1. The molecule has 254 valence electrons. The molecule has 2 aliphatic heterocycles. The van der Waals surface area contributed by atoms with Crippen LogP contribution in [0, 0.1) is 28.4 Å². The van der Waals surface area contributed by atoms with Crippen LogP contribution in [0.25, 0.3) is 0 Å². The molecular formula is C35H56F2N4O3S. The molecule has 0 bridgehead atoms. The Balaban J connectivity index is 1.71. The molecule has 2 heterocycles. The van der Waals surface area contributed by atoms with Gasteiger partial charge >= 0.3 is 0 Å². The lowest BCUT2D eigenvalue weighted by molar-refractivity contribution is -0.147. The van der Waals surface area contributed by atoms with Gasteiger partial charge in [-0.15, -0.1) is 0 Å². The lowest BCUT2D eigenvalue weighted by Gasteiger charge is -2.44. The Kier molecular flexibility index (Phi) is 10.7. The number of benzene rings is 1. The first-order valence-electron chi connectivity index (χ1n) is 16.5. The summed E-state index contributed by atoms with van der Waals surface area (Å²) >= 11 is -1.40. The minimum absolute atomic E-state index is 0.0645. The molecular weight excluding hydrogens is 594 g/mol. The molecule has 0 spiro atoms. The number of nitrogens with zero attached hydrogens (tertiary/aromatic N) is 4. The summed E-state index contributed by atoms with van der Waals surface area (Å²) in [7, 11) is 3.72. The fraction of sp³-hybridized carbons (Fsp3) is 0.771. The van der Waals surface area contributed by atoms with Crippen molar-refractivity contribution in [1.82, 2.24) is 19.6 Å². The van der Waals surface area contributed by atoms with E-state index in [1.807, 2.05) is 39.8 Å². The maximum absolute atomic E-state index is 15.2. The predicted molar refractivity (Wildman–Crippen MR) is 177 cm³/mol. The zero-order valence-corrected chi connectivity index (χ0v) is 30.0. The van der Waals surface area contributed by atoms with Gasteiger partial charge in [0.15, 0.2) is 11.3 Å². The topological polar surface area (TPSA) is 70.2 Å². The highest BCUT2D eigenvalue weighted by atomic mass is 32.2. The fourth-order valence-electron chi connectivity index (χ4n) is 7.41. The summed E-state index contributed by atoms with van der Waals surface area (Å²) < 4.78 is 43.1. The van der Waals surface area contributed by atoms with E-state index in [-0.39, 0.29) is 34.9 Å². The molecule has 10 heteroatoms. The third-order valence-corrected chi connectivity index (χ3v) is 11.9. The standard InChI is InChI=1S/C35H56F2N4O3S/c1-33(2,3)32(43)41(24-13-15-35(7,8)16-14-24)25-18-30(45(44)22-38(9)10)40(19-25)31(42)28-21-39(34(4,5)6)20-27(28)26-12-11-23(36)17-29(26)37/h11-12,17,24-25,27-28,30H,13-16,18-22H2,1-10H3/t25-,27-,28+,30+,45?/m0/s1. The predicted octanol–water partition coefficient (Wildman–Crippen LogP) is 5.82. The molecule has 4 rings (SSSR count). The van der Waals surface area contributed by atoms with Crippen molar-refractivity contribution in [3.05, 3.63) is 35.4 Å². The summed E-state index contributed by atoms with van der Waals surface area (Å²) in [5.74, 6) is -2.18. The quantitative estimate of drug-likeness (QED) is 0.348. The summed E-state index contributed by atoms with van der Waals surface area (Å²) in [6, 6.07) is 3.41. The van der Waals surface area contributed by atoms with Gasteiger partial charge in [0.1, 0.15) is 11.6 Å². The van der Waals surface area contributed by atoms with Crippen LogP contribution in [0.2, 0.25) is 0 Å². The maximum atomic E-state index is 15.2. The molecule has 0 radical (unpaired) electrons. The summed E-state index contributed by atoms with van der Waals surface area (Å²) in [6.07, 6.45) is 4.29. The molecule has 1 aliphatic carbocycles. The first-order chi connectivity index (χ1) is 20.7. The van der Waals surface area contributed by atoms with Crippen LogP contribution in [-0.4, -0.2) is 98.6 Å². The lowest BCUT2D eigenvalue weighted by atomic mass is 9.74. The molecule has 1 saturated carbocycles. The van der Waals surface area contributed by atoms with Gasteiger partial charge in [-0.2, -0.15) is 0 Å². The molecule has 0 aromatic heterocycles. The lowest BCUT2D eigenvalue weighted by Crippen LogP contribution is -2.54. The van der Waals surface area contributed by atoms with E-state index >= 15 is 4.39 Å². The van der Waals surface area contributed by atoms with E-state index in [4.69, 9.17) is 0 Å². The number of amides is 2. The van der Waals surface area contributed by atoms with E-state index < -0.39 is 45.4 Å². The number of carbonyl (C=O) groups is 2. The number of carbonyl (C=O) groups excluding carboxylic acids is 2. The zero-order valence-electron chi connectivity index (χ0n) is 29.2. The van der Waals surface area contributed by atoms with Gasteiger partial charge in [0, 0.05) is 55.0 Å². The van der Waals surface area contributed by atoms with E-state index in [9.17, 15) is 18.5 Å². The molecule has 0 N–H and O–H groups in total. The summed E-state index contributed by atoms with van der Waals surface area (Å²) in [5, 5.41) is -0.567. The number of rotatable bonds is 7. The highest BCUT2D eigenvalue weighted by Crippen LogP contribution is 2.43. The van der Waals surface area contributed by atoms with Gasteiger partial charge in [-0.25, -0.2) is 8.78 Å². The van der Waals surface area contributed by atoms with Gasteiger partial charge in [-0.05, 0) is 88.8 Å². The molecule has 3 fully saturated rings. The zero-order chi connectivity index (χ0) is 33.6. The van der Waals surface area contributed by atoms with Crippen molar-refractivity contribution >= 4 is 23.0 Å². The number of halogens is 2. The fourth-order valence-corrected chi connectivity index (χ4v) is 9.01. The molecule has 1 aromatic carbocycles. The molecule has 5 atom stereocenters. The summed E-state index contributed by atoms with van der Waals surface area (Å²) in [5.41, 5.74) is -0.314. The van der Waals surface area contributed by atoms with Crippen molar-refractivity contribution < 1.29 is 22.9 Å². The van der Waals surface area contributed by atoms with E-state index in [1.54, 1.807) is 4.90 Å². The maximum Gasteiger partial charge on any atom is 0.231 e. The Hall–Kier alpha value is -1.75. The third-order valence-electron chi connectivity index (χ3n) is 10.1. The highest BCUT2D eigenvalue weighted by Gasteiger charge is 2.52. The second-order valence-corrected chi connectivity index (χ2v) is 18.3. The Morgan fingerprint density at radius 3 is 2.16 bits per heavy atom. The van der Waals surface area contributed by atoms with Crippen LogP contribution >= 0.6 is 0 Å². The van der Waals surface area contributed by atoms with Gasteiger partial charge in [0.2, 0.25) is 11.8 Å². The van der Waals surface area contributed by atoms with Gasteiger partial charge in [-0.1, -0.05) is 40.7 Å². The first-order valence-corrected chi connectivity index (χ1v) is 17.9. The van der Waals surface area contributed by atoms with Gasteiger partial charge < -0.3 is 9.45 Å². The SMILES string of the molecule is CN(C)C[S+]([O-])[C@@H]1C[C@H](N(C(=O)C(C)(C)C)C2CCC(C)(C)CC2)CN1C(=O)[C@@H]1CN(C(C)(C)C)C[C@H]1c1ccc(F)cc1F. The second-order valence-electron chi connectivity index (χ2n) is 16.7. The average molecular weight is 651 g/mol. The largest absolute Gasteiger partial charge is 0.614 e. The van der Waals surface area contributed by atoms with Crippen LogP contribution in [0.5, 0.6) is 0 Å². The normalized spacial score (nSPS) is 27.3. The van der Waals surface area contributed by atoms with Gasteiger partial charge in [0.05, 0.1) is 12.0 Å². The van der Waals surface area contributed by atoms with Crippen molar-refractivity contribution in [2.45, 2.75) is 116 Å². The van der Waals surface area contributed by atoms with E-state index in [2.05, 4.69) is 44.4 Å². The second kappa shape index (κ2) is 13.4. The molecule has 7 nitrogen and oxygen atoms in total. The van der Waals surface area contributed by atoms with Gasteiger partial charge in [0.25, 0.3) is 0 Å². The minimum Gasteiger partial charge on any atom is -0.614 e. The van der Waals surface area contributed by atoms with Crippen LogP contribution in [0.4, 0.5) is 8.78 Å². The van der Waals surface area contributed by atoms with Crippen molar-refractivity contribution in [3.8, 4) is 0 Å². The monoisotopic (exact) mass is 650 g/mol. The van der Waals surface area contributed by atoms with Crippen molar-refractivity contribution in [2.24, 2.45) is 16.7 Å². The van der Waals surface area contributed by atoms with Crippen LogP contribution < -0.4 is 0 Å². The van der Waals surface area contributed by atoms with Crippen molar-refractivity contribution in [2.75, 3.05) is 39.6 Å². The van der Waals surface area contributed by atoms with E-state index in [1.165, 1.54) is 12.1 Å². The van der Waals surface area contributed by atoms with E-state index in [0.29, 0.717) is 37.5 Å². The van der Waals surface area contributed by atoms with Gasteiger partial charge in [-0.3, -0.25) is 24.3 Å². The number of hydrogen-bond donors (Lipinski definition) is 0. The van der Waals surface area contributed by atoms with Crippen molar-refractivity contribution in [3.63, 3.8) is 0 Å². The number of hydrogen-bond acceptors (Lipinski definition) is 5. The molecule has 1 unspecified atom stereocenters. The Labute approximate surface area is 273 Å². The van der Waals surface area contributed by atoms with Crippen LogP contribution in [0.1, 0.15) is 99.0 Å².